The van der Waals surface area contributed by atoms with E-state index >= 15 is 0 Å². The van der Waals surface area contributed by atoms with Gasteiger partial charge < -0.3 is 10.1 Å². The maximum absolute atomic E-state index is 12.8. The van der Waals surface area contributed by atoms with E-state index in [0.717, 1.165) is 18.6 Å². The molecule has 29 heavy (non-hydrogen) atoms. The summed E-state index contributed by atoms with van der Waals surface area (Å²) >= 11 is 6.77. The summed E-state index contributed by atoms with van der Waals surface area (Å²) in [5.74, 6) is -0.221. The zero-order chi connectivity index (χ0) is 21.6. The number of carbonyl (C=O) groups excluding carboxylic acids is 1. The van der Waals surface area contributed by atoms with Gasteiger partial charge in [0.1, 0.15) is 17.4 Å². The summed E-state index contributed by atoms with van der Waals surface area (Å²) < 4.78 is 45.3. The molecule has 0 spiro atoms. The molecule has 2 aromatic rings. The van der Waals surface area contributed by atoms with Crippen molar-refractivity contribution in [2.45, 2.75) is 19.5 Å². The zero-order valence-electron chi connectivity index (χ0n) is 15.1. The van der Waals surface area contributed by atoms with Crippen molar-refractivity contribution in [2.24, 2.45) is 0 Å². The number of alkyl halides is 3. The first-order valence-corrected chi connectivity index (χ1v) is 9.96. The predicted molar refractivity (Wildman–Crippen MR) is 111 cm³/mol. The lowest BCUT2D eigenvalue weighted by Crippen LogP contribution is -2.14. The summed E-state index contributed by atoms with van der Waals surface area (Å²) in [4.78, 5) is 12.4. The maximum atomic E-state index is 12.8. The molecule has 0 aliphatic carbocycles. The quantitative estimate of drug-likeness (QED) is 0.339. The highest BCUT2D eigenvalue weighted by molar-refractivity contribution is 9.11. The summed E-state index contributed by atoms with van der Waals surface area (Å²) in [5, 5.41) is 11.6. The standard InChI is InChI=1S/C20H15Br2F3N2O2/c1-2-6-29-18-16(21)8-12(9-17(18)22)7-13(11-26)19(28)27-15-5-3-4-14(10-15)20(23,24)25/h3-5,7-10H,2,6H2,1H3,(H,27,28)/b13-7+. The number of halogens is 5. The second kappa shape index (κ2) is 9.94. The number of nitriles is 1. The van der Waals surface area contributed by atoms with Crippen LogP contribution in [-0.4, -0.2) is 12.5 Å². The number of anilines is 1. The molecule has 0 aromatic heterocycles. The fourth-order valence-electron chi connectivity index (χ4n) is 2.29. The number of rotatable bonds is 6. The normalized spacial score (nSPS) is 11.7. The molecule has 0 saturated carbocycles. The number of carbonyl (C=O) groups is 1. The summed E-state index contributed by atoms with van der Waals surface area (Å²) in [5.41, 5.74) is -0.684. The van der Waals surface area contributed by atoms with Gasteiger partial charge in [-0.1, -0.05) is 13.0 Å². The highest BCUT2D eigenvalue weighted by Gasteiger charge is 2.30. The molecule has 0 radical (unpaired) electrons. The van der Waals surface area contributed by atoms with Gasteiger partial charge in [-0.05, 0) is 80.3 Å². The third-order valence-electron chi connectivity index (χ3n) is 3.59. The van der Waals surface area contributed by atoms with Gasteiger partial charge in [0, 0.05) is 5.69 Å². The van der Waals surface area contributed by atoms with E-state index in [0.29, 0.717) is 26.9 Å². The van der Waals surface area contributed by atoms with Crippen LogP contribution in [0.2, 0.25) is 0 Å². The first kappa shape index (κ1) is 23.0. The molecule has 1 N–H and O–H groups in total. The first-order valence-electron chi connectivity index (χ1n) is 8.38. The van der Waals surface area contributed by atoms with Gasteiger partial charge in [0.15, 0.2) is 0 Å². The molecule has 0 heterocycles. The molecular weight excluding hydrogens is 517 g/mol. The van der Waals surface area contributed by atoms with E-state index in [-0.39, 0.29) is 11.3 Å². The van der Waals surface area contributed by atoms with E-state index in [1.807, 2.05) is 6.92 Å². The van der Waals surface area contributed by atoms with Crippen LogP contribution in [0.25, 0.3) is 6.08 Å². The van der Waals surface area contributed by atoms with Crippen LogP contribution in [0.3, 0.4) is 0 Å². The summed E-state index contributed by atoms with van der Waals surface area (Å²) in [7, 11) is 0. The Bertz CT molecular complexity index is 959. The fraction of sp³-hybridized carbons (Fsp3) is 0.200. The van der Waals surface area contributed by atoms with Crippen LogP contribution in [0.4, 0.5) is 18.9 Å². The van der Waals surface area contributed by atoms with Gasteiger partial charge in [-0.15, -0.1) is 0 Å². The van der Waals surface area contributed by atoms with Gasteiger partial charge in [0.2, 0.25) is 0 Å². The van der Waals surface area contributed by atoms with Gasteiger partial charge in [-0.3, -0.25) is 4.79 Å². The number of ether oxygens (including phenoxy) is 1. The Hall–Kier alpha value is -2.31. The van der Waals surface area contributed by atoms with Crippen LogP contribution >= 0.6 is 31.9 Å². The van der Waals surface area contributed by atoms with Gasteiger partial charge in [0.05, 0.1) is 21.1 Å². The van der Waals surface area contributed by atoms with E-state index in [4.69, 9.17) is 4.74 Å². The minimum atomic E-state index is -4.53. The average molecular weight is 532 g/mol. The van der Waals surface area contributed by atoms with Crippen LogP contribution < -0.4 is 10.1 Å². The zero-order valence-corrected chi connectivity index (χ0v) is 18.3. The summed E-state index contributed by atoms with van der Waals surface area (Å²) in [6.45, 7) is 2.50. The lowest BCUT2D eigenvalue weighted by atomic mass is 10.1. The first-order chi connectivity index (χ1) is 13.7. The Balaban J connectivity index is 2.26. The third kappa shape index (κ3) is 6.34. The second-order valence-electron chi connectivity index (χ2n) is 5.86. The van der Waals surface area contributed by atoms with Crippen LogP contribution in [0.5, 0.6) is 5.75 Å². The van der Waals surface area contributed by atoms with Crippen LogP contribution in [-0.2, 0) is 11.0 Å². The molecular formula is C20H15Br2F3N2O2. The Morgan fingerprint density at radius 2 is 1.90 bits per heavy atom. The maximum Gasteiger partial charge on any atom is 0.416 e. The minimum absolute atomic E-state index is 0.0587. The molecule has 0 atom stereocenters. The van der Waals surface area contributed by atoms with Gasteiger partial charge in [0.25, 0.3) is 5.91 Å². The lowest BCUT2D eigenvalue weighted by molar-refractivity contribution is -0.137. The van der Waals surface area contributed by atoms with Gasteiger partial charge in [-0.25, -0.2) is 0 Å². The second-order valence-corrected chi connectivity index (χ2v) is 7.57. The van der Waals surface area contributed by atoms with Crippen molar-refractivity contribution < 1.29 is 22.7 Å². The lowest BCUT2D eigenvalue weighted by Gasteiger charge is -2.11. The molecule has 0 aliphatic rings. The van der Waals surface area contributed by atoms with E-state index in [9.17, 15) is 23.2 Å². The Morgan fingerprint density at radius 1 is 1.24 bits per heavy atom. The van der Waals surface area contributed by atoms with Crippen molar-refractivity contribution in [3.8, 4) is 11.8 Å². The monoisotopic (exact) mass is 530 g/mol. The fourth-order valence-corrected chi connectivity index (χ4v) is 3.74. The number of nitrogens with one attached hydrogen (secondary N) is 1. The molecule has 0 bridgehead atoms. The number of amides is 1. The van der Waals surface area contributed by atoms with Crippen molar-refractivity contribution >= 4 is 49.5 Å². The molecule has 0 unspecified atom stereocenters. The molecule has 152 valence electrons. The minimum Gasteiger partial charge on any atom is -0.491 e. The van der Waals surface area contributed by atoms with Crippen LogP contribution in [0.1, 0.15) is 24.5 Å². The SMILES string of the molecule is CCCOc1c(Br)cc(/C=C(\C#N)C(=O)Nc2cccc(C(F)(F)F)c2)cc1Br. The molecule has 0 fully saturated rings. The largest absolute Gasteiger partial charge is 0.491 e. The molecule has 9 heteroatoms. The topological polar surface area (TPSA) is 62.1 Å². The Labute approximate surface area is 182 Å². The van der Waals surface area contributed by atoms with Gasteiger partial charge in [-0.2, -0.15) is 18.4 Å². The Morgan fingerprint density at radius 3 is 2.45 bits per heavy atom. The van der Waals surface area contributed by atoms with Crippen molar-refractivity contribution in [1.29, 1.82) is 5.26 Å². The van der Waals surface area contributed by atoms with Crippen LogP contribution in [0, 0.1) is 11.3 Å². The molecule has 4 nitrogen and oxygen atoms in total. The number of nitrogens with zero attached hydrogens (tertiary/aromatic N) is 1. The smallest absolute Gasteiger partial charge is 0.416 e. The summed E-state index contributed by atoms with van der Waals surface area (Å²) in [6, 6.07) is 9.31. The molecule has 1 amide bonds. The number of hydrogen-bond donors (Lipinski definition) is 1. The molecule has 2 aromatic carbocycles. The van der Waals surface area contributed by atoms with Crippen molar-refractivity contribution in [3.05, 3.63) is 62.0 Å². The van der Waals surface area contributed by atoms with E-state index in [2.05, 4.69) is 37.2 Å². The van der Waals surface area contributed by atoms with Crippen molar-refractivity contribution in [2.75, 3.05) is 11.9 Å². The number of hydrogen-bond acceptors (Lipinski definition) is 3. The number of benzene rings is 2. The third-order valence-corrected chi connectivity index (χ3v) is 4.77. The summed E-state index contributed by atoms with van der Waals surface area (Å²) in [6.07, 6.45) is -2.37. The highest BCUT2D eigenvalue weighted by atomic mass is 79.9. The van der Waals surface area contributed by atoms with E-state index in [1.54, 1.807) is 18.2 Å². The molecule has 0 aliphatic heterocycles. The Kier molecular flexibility index (Phi) is 7.88. The average Bonchev–Trinajstić information content (AvgIpc) is 2.65. The van der Waals surface area contributed by atoms with Crippen molar-refractivity contribution in [1.82, 2.24) is 0 Å². The van der Waals surface area contributed by atoms with E-state index in [1.165, 1.54) is 18.2 Å². The highest BCUT2D eigenvalue weighted by Crippen LogP contribution is 2.35. The van der Waals surface area contributed by atoms with Gasteiger partial charge >= 0.3 is 6.18 Å². The van der Waals surface area contributed by atoms with Crippen molar-refractivity contribution in [3.63, 3.8) is 0 Å². The van der Waals surface area contributed by atoms with Crippen LogP contribution in [0.15, 0.2) is 50.9 Å². The molecule has 0 saturated heterocycles. The predicted octanol–water partition coefficient (Wildman–Crippen LogP) is 6.56. The van der Waals surface area contributed by atoms with E-state index < -0.39 is 17.6 Å². The molecule has 2 rings (SSSR count).